The topological polar surface area (TPSA) is 52.0 Å². The van der Waals surface area contributed by atoms with Gasteiger partial charge in [-0.3, -0.25) is 0 Å². The number of nitrogens with zero attached hydrogens (tertiary/aromatic N) is 2. The molecule has 0 aromatic carbocycles. The summed E-state index contributed by atoms with van der Waals surface area (Å²) in [6, 6.07) is 0.134. The lowest BCUT2D eigenvalue weighted by molar-refractivity contribution is 0.509. The van der Waals surface area contributed by atoms with Gasteiger partial charge in [-0.1, -0.05) is 0 Å². The summed E-state index contributed by atoms with van der Waals surface area (Å²) in [6.07, 6.45) is 5.30. The minimum Gasteiger partial charge on any atom is -0.328 e. The fourth-order valence-corrected chi connectivity index (χ4v) is 4.86. The number of aromatic nitrogens is 2. The number of imidazole rings is 1. The Labute approximate surface area is 102 Å². The predicted molar refractivity (Wildman–Crippen MR) is 65.9 cm³/mol. The second-order valence-electron chi connectivity index (χ2n) is 5.19. The lowest BCUT2D eigenvalue weighted by atomic mass is 10.0. The van der Waals surface area contributed by atoms with Gasteiger partial charge >= 0.3 is 0 Å². The highest BCUT2D eigenvalue weighted by Crippen LogP contribution is 2.30. The van der Waals surface area contributed by atoms with Gasteiger partial charge in [0.05, 0.1) is 17.2 Å². The molecular formula is C12H18N2O2S. The van der Waals surface area contributed by atoms with Crippen LogP contribution >= 0.6 is 0 Å². The highest BCUT2D eigenvalue weighted by Gasteiger charge is 2.32. The molecule has 2 aliphatic rings. The summed E-state index contributed by atoms with van der Waals surface area (Å²) >= 11 is 0. The smallest absolute Gasteiger partial charge is 0.152 e. The molecule has 1 fully saturated rings. The van der Waals surface area contributed by atoms with Crippen molar-refractivity contribution in [1.82, 2.24) is 9.55 Å². The van der Waals surface area contributed by atoms with Crippen molar-refractivity contribution < 1.29 is 8.42 Å². The molecule has 3 rings (SSSR count). The van der Waals surface area contributed by atoms with Crippen molar-refractivity contribution in [2.75, 3.05) is 11.5 Å². The largest absolute Gasteiger partial charge is 0.328 e. The van der Waals surface area contributed by atoms with Gasteiger partial charge < -0.3 is 4.57 Å². The van der Waals surface area contributed by atoms with E-state index in [4.69, 9.17) is 0 Å². The zero-order valence-electron chi connectivity index (χ0n) is 10.1. The Hall–Kier alpha value is -0.840. The fourth-order valence-electron chi connectivity index (χ4n) is 3.16. The molecule has 5 heteroatoms. The number of rotatable bonds is 1. The maximum Gasteiger partial charge on any atom is 0.152 e. The van der Waals surface area contributed by atoms with E-state index < -0.39 is 9.84 Å². The van der Waals surface area contributed by atoms with Crippen molar-refractivity contribution in [2.45, 2.75) is 45.1 Å². The van der Waals surface area contributed by atoms with Crippen LogP contribution < -0.4 is 0 Å². The van der Waals surface area contributed by atoms with E-state index in [2.05, 4.69) is 9.55 Å². The van der Waals surface area contributed by atoms with E-state index in [-0.39, 0.29) is 6.04 Å². The van der Waals surface area contributed by atoms with Gasteiger partial charge in [0, 0.05) is 11.7 Å². The molecule has 0 spiro atoms. The van der Waals surface area contributed by atoms with Gasteiger partial charge in [-0.15, -0.1) is 0 Å². The van der Waals surface area contributed by atoms with E-state index in [1.54, 1.807) is 0 Å². The molecule has 2 heterocycles. The van der Waals surface area contributed by atoms with Gasteiger partial charge in [0.25, 0.3) is 0 Å². The van der Waals surface area contributed by atoms with Crippen LogP contribution in [0.5, 0.6) is 0 Å². The maximum atomic E-state index is 11.6. The van der Waals surface area contributed by atoms with Gasteiger partial charge in [0.15, 0.2) is 9.84 Å². The summed E-state index contributed by atoms with van der Waals surface area (Å²) in [6.45, 7) is 2.00. The molecule has 4 nitrogen and oxygen atoms in total. The van der Waals surface area contributed by atoms with E-state index in [1.807, 2.05) is 6.92 Å². The lowest BCUT2D eigenvalue weighted by Crippen LogP contribution is -2.16. The summed E-state index contributed by atoms with van der Waals surface area (Å²) in [7, 11) is -2.81. The Morgan fingerprint density at radius 2 is 2.06 bits per heavy atom. The van der Waals surface area contributed by atoms with Crippen LogP contribution in [0.4, 0.5) is 0 Å². The van der Waals surface area contributed by atoms with E-state index in [0.29, 0.717) is 11.5 Å². The van der Waals surface area contributed by atoms with Crippen LogP contribution in [0.15, 0.2) is 0 Å². The van der Waals surface area contributed by atoms with E-state index >= 15 is 0 Å². The standard InChI is InChI=1S/C12H18N2O2S/c1-9-13-11-4-2-3-5-12(11)14(9)10-6-7-17(15,16)8-10/h10H,2-8H2,1H3. The number of aryl methyl sites for hydroxylation is 2. The van der Waals surface area contributed by atoms with Crippen molar-refractivity contribution in [3.63, 3.8) is 0 Å². The molecule has 94 valence electrons. The minimum absolute atomic E-state index is 0.134. The molecule has 0 amide bonds. The van der Waals surface area contributed by atoms with Crippen LogP contribution in [0.2, 0.25) is 0 Å². The molecule has 1 unspecified atom stereocenters. The van der Waals surface area contributed by atoms with Gasteiger partial charge in [-0.05, 0) is 39.0 Å². The van der Waals surface area contributed by atoms with Crippen molar-refractivity contribution >= 4 is 9.84 Å². The van der Waals surface area contributed by atoms with Crippen LogP contribution in [0.25, 0.3) is 0 Å². The van der Waals surface area contributed by atoms with E-state index in [1.165, 1.54) is 24.2 Å². The lowest BCUT2D eigenvalue weighted by Gasteiger charge is -2.19. The number of fused-ring (bicyclic) bond motifs is 1. The van der Waals surface area contributed by atoms with Gasteiger partial charge in [-0.25, -0.2) is 13.4 Å². The van der Waals surface area contributed by atoms with Gasteiger partial charge in [0.1, 0.15) is 5.82 Å². The maximum absolute atomic E-state index is 11.6. The first-order valence-corrected chi connectivity index (χ1v) is 8.16. The third-order valence-electron chi connectivity index (χ3n) is 3.92. The molecule has 1 aromatic heterocycles. The molecule has 0 N–H and O–H groups in total. The van der Waals surface area contributed by atoms with Crippen molar-refractivity contribution in [3.8, 4) is 0 Å². The van der Waals surface area contributed by atoms with Crippen molar-refractivity contribution in [1.29, 1.82) is 0 Å². The third kappa shape index (κ3) is 1.90. The van der Waals surface area contributed by atoms with Crippen molar-refractivity contribution in [3.05, 3.63) is 17.2 Å². The third-order valence-corrected chi connectivity index (χ3v) is 5.67. The second-order valence-corrected chi connectivity index (χ2v) is 7.42. The molecule has 0 saturated carbocycles. The molecule has 0 bridgehead atoms. The summed E-state index contributed by atoms with van der Waals surface area (Å²) < 4.78 is 25.4. The average Bonchev–Trinajstić information content (AvgIpc) is 2.77. The summed E-state index contributed by atoms with van der Waals surface area (Å²) in [5.41, 5.74) is 2.51. The Bertz CT molecular complexity index is 545. The quantitative estimate of drug-likeness (QED) is 0.762. The van der Waals surface area contributed by atoms with Crippen LogP contribution in [-0.4, -0.2) is 29.5 Å². The first-order chi connectivity index (χ1) is 8.07. The molecule has 1 aliphatic heterocycles. The minimum atomic E-state index is -2.81. The molecule has 1 atom stereocenters. The molecule has 1 aromatic rings. The fraction of sp³-hybridized carbons (Fsp3) is 0.750. The van der Waals surface area contributed by atoms with Crippen LogP contribution in [0.3, 0.4) is 0 Å². The normalized spacial score (nSPS) is 27.0. The van der Waals surface area contributed by atoms with Gasteiger partial charge in [0.2, 0.25) is 0 Å². The Balaban J connectivity index is 2.01. The molecule has 0 radical (unpaired) electrons. The number of sulfone groups is 1. The molecule has 1 saturated heterocycles. The number of hydrogen-bond acceptors (Lipinski definition) is 3. The molecule has 1 aliphatic carbocycles. The average molecular weight is 254 g/mol. The highest BCUT2D eigenvalue weighted by molar-refractivity contribution is 7.91. The Kier molecular flexibility index (Phi) is 2.54. The van der Waals surface area contributed by atoms with Crippen LogP contribution in [0.1, 0.15) is 42.5 Å². The molecular weight excluding hydrogens is 236 g/mol. The van der Waals surface area contributed by atoms with Gasteiger partial charge in [-0.2, -0.15) is 0 Å². The molecule has 17 heavy (non-hydrogen) atoms. The zero-order valence-corrected chi connectivity index (χ0v) is 11.0. The first-order valence-electron chi connectivity index (χ1n) is 6.34. The SMILES string of the molecule is Cc1nc2c(n1C1CCS(=O)(=O)C1)CCCC2. The monoisotopic (exact) mass is 254 g/mol. The van der Waals surface area contributed by atoms with E-state index in [9.17, 15) is 8.42 Å². The van der Waals surface area contributed by atoms with Crippen LogP contribution in [-0.2, 0) is 22.7 Å². The van der Waals surface area contributed by atoms with E-state index in [0.717, 1.165) is 25.1 Å². The summed E-state index contributed by atoms with van der Waals surface area (Å²) in [4.78, 5) is 4.61. The van der Waals surface area contributed by atoms with Crippen LogP contribution in [0, 0.1) is 6.92 Å². The predicted octanol–water partition coefficient (Wildman–Crippen LogP) is 1.43. The Morgan fingerprint density at radius 1 is 1.29 bits per heavy atom. The summed E-state index contributed by atoms with van der Waals surface area (Å²) in [5, 5.41) is 0. The first kappa shape index (κ1) is 11.3. The highest BCUT2D eigenvalue weighted by atomic mass is 32.2. The summed E-state index contributed by atoms with van der Waals surface area (Å²) in [5.74, 6) is 1.64. The van der Waals surface area contributed by atoms with Crippen molar-refractivity contribution in [2.24, 2.45) is 0 Å². The Morgan fingerprint density at radius 3 is 2.76 bits per heavy atom. The second kappa shape index (κ2) is 3.83. The number of hydrogen-bond donors (Lipinski definition) is 0. The zero-order chi connectivity index (χ0) is 12.0.